The third kappa shape index (κ3) is 3.76. The molecule has 1 saturated heterocycles. The maximum Gasteiger partial charge on any atom is 0.226 e. The summed E-state index contributed by atoms with van der Waals surface area (Å²) in [5.74, 6) is 1.73. The number of hydrogen-bond donors (Lipinski definition) is 0. The van der Waals surface area contributed by atoms with Crippen LogP contribution in [0, 0.1) is 12.8 Å². The fourth-order valence-electron chi connectivity index (χ4n) is 4.17. The third-order valence-electron chi connectivity index (χ3n) is 5.60. The van der Waals surface area contributed by atoms with Crippen molar-refractivity contribution in [2.75, 3.05) is 18.1 Å². The fourth-order valence-corrected chi connectivity index (χ4v) is 5.66. The van der Waals surface area contributed by atoms with E-state index in [9.17, 15) is 13.2 Å². The summed E-state index contributed by atoms with van der Waals surface area (Å²) in [5, 5.41) is 8.48. The number of sulfone groups is 1. The predicted molar refractivity (Wildman–Crippen MR) is 101 cm³/mol. The molecule has 4 rings (SSSR count). The zero-order chi connectivity index (χ0) is 19.0. The van der Waals surface area contributed by atoms with Gasteiger partial charge in [-0.05, 0) is 31.7 Å². The van der Waals surface area contributed by atoms with Gasteiger partial charge in [-0.25, -0.2) is 8.42 Å². The molecule has 1 aromatic carbocycles. The predicted octanol–water partition coefficient (Wildman–Crippen LogP) is 1.54. The minimum atomic E-state index is -2.97. The highest BCUT2D eigenvalue weighted by atomic mass is 32.2. The van der Waals surface area contributed by atoms with Crippen LogP contribution < -0.4 is 0 Å². The summed E-state index contributed by atoms with van der Waals surface area (Å²) in [6, 6.07) is 10.3. The van der Waals surface area contributed by atoms with Crippen molar-refractivity contribution in [3.8, 4) is 0 Å². The van der Waals surface area contributed by atoms with Gasteiger partial charge in [-0.15, -0.1) is 10.2 Å². The fraction of sp³-hybridized carbons (Fsp3) is 0.526. The third-order valence-corrected chi connectivity index (χ3v) is 7.31. The molecular formula is C19H24N4O3S. The van der Waals surface area contributed by atoms with Crippen LogP contribution in [0.15, 0.2) is 30.3 Å². The molecule has 0 aliphatic carbocycles. The number of rotatable bonds is 3. The van der Waals surface area contributed by atoms with Crippen LogP contribution in [0.5, 0.6) is 0 Å². The molecule has 0 spiro atoms. The van der Waals surface area contributed by atoms with Crippen molar-refractivity contribution in [2.24, 2.45) is 5.92 Å². The maximum atomic E-state index is 13.1. The number of fused-ring (bicyclic) bond motifs is 1. The molecule has 0 N–H and O–H groups in total. The molecule has 0 bridgehead atoms. The molecule has 0 saturated carbocycles. The number of carbonyl (C=O) groups excluding carboxylic acids is 1. The smallest absolute Gasteiger partial charge is 0.226 e. The van der Waals surface area contributed by atoms with Gasteiger partial charge in [0.15, 0.2) is 5.82 Å². The standard InChI is InChI=1S/C19H24N4O3S/c1-14-20-21-18-13-22(19(24)16-7-9-27(25,26)10-8-16)12-17(23(14)18)11-15-5-3-2-4-6-15/h2-6,16-17H,7-13H2,1H3/t17-/m1/s1. The molecule has 1 aromatic heterocycles. The van der Waals surface area contributed by atoms with Crippen molar-refractivity contribution in [3.63, 3.8) is 0 Å². The number of benzene rings is 1. The molecule has 2 aliphatic heterocycles. The van der Waals surface area contributed by atoms with E-state index in [2.05, 4.69) is 26.9 Å². The van der Waals surface area contributed by atoms with Gasteiger partial charge in [-0.1, -0.05) is 30.3 Å². The second-order valence-electron chi connectivity index (χ2n) is 7.52. The summed E-state index contributed by atoms with van der Waals surface area (Å²) in [6.45, 7) is 2.98. The van der Waals surface area contributed by atoms with Gasteiger partial charge in [0, 0.05) is 12.5 Å². The van der Waals surface area contributed by atoms with E-state index in [1.807, 2.05) is 30.0 Å². The van der Waals surface area contributed by atoms with Crippen molar-refractivity contribution in [2.45, 2.75) is 38.8 Å². The number of hydrogen-bond acceptors (Lipinski definition) is 5. The quantitative estimate of drug-likeness (QED) is 0.796. The van der Waals surface area contributed by atoms with E-state index in [1.54, 1.807) is 0 Å². The molecule has 27 heavy (non-hydrogen) atoms. The Labute approximate surface area is 159 Å². The van der Waals surface area contributed by atoms with Crippen LogP contribution in [-0.2, 0) is 27.6 Å². The SMILES string of the molecule is Cc1nnc2n1[C@H](Cc1ccccc1)CN(C(=O)C1CCS(=O)(=O)CC1)C2. The largest absolute Gasteiger partial charge is 0.333 e. The van der Waals surface area contributed by atoms with Crippen molar-refractivity contribution < 1.29 is 13.2 Å². The lowest BCUT2D eigenvalue weighted by atomic mass is 9.98. The van der Waals surface area contributed by atoms with Crippen LogP contribution in [0.3, 0.4) is 0 Å². The van der Waals surface area contributed by atoms with Gasteiger partial charge in [-0.3, -0.25) is 4.79 Å². The summed E-state index contributed by atoms with van der Waals surface area (Å²) in [7, 11) is -2.97. The summed E-state index contributed by atoms with van der Waals surface area (Å²) >= 11 is 0. The zero-order valence-corrected chi connectivity index (χ0v) is 16.2. The maximum absolute atomic E-state index is 13.1. The highest BCUT2D eigenvalue weighted by molar-refractivity contribution is 7.91. The van der Waals surface area contributed by atoms with Crippen molar-refractivity contribution in [1.82, 2.24) is 19.7 Å². The van der Waals surface area contributed by atoms with Gasteiger partial charge in [0.05, 0.1) is 24.1 Å². The Balaban J connectivity index is 1.55. The second kappa shape index (κ2) is 7.07. The van der Waals surface area contributed by atoms with Crippen LogP contribution >= 0.6 is 0 Å². The molecule has 8 heteroatoms. The van der Waals surface area contributed by atoms with Crippen molar-refractivity contribution in [1.29, 1.82) is 0 Å². The Morgan fingerprint density at radius 1 is 1.15 bits per heavy atom. The van der Waals surface area contributed by atoms with Crippen LogP contribution in [0.4, 0.5) is 0 Å². The van der Waals surface area contributed by atoms with Crippen LogP contribution in [0.2, 0.25) is 0 Å². The van der Waals surface area contributed by atoms with Gasteiger partial charge in [0.25, 0.3) is 0 Å². The van der Waals surface area contributed by atoms with E-state index in [1.165, 1.54) is 5.56 Å². The Morgan fingerprint density at radius 2 is 1.85 bits per heavy atom. The molecule has 1 amide bonds. The highest BCUT2D eigenvalue weighted by Crippen LogP contribution is 2.28. The van der Waals surface area contributed by atoms with Crippen LogP contribution in [-0.4, -0.2) is 52.0 Å². The van der Waals surface area contributed by atoms with Gasteiger partial charge in [0.2, 0.25) is 5.91 Å². The minimum absolute atomic E-state index is 0.0508. The lowest BCUT2D eigenvalue weighted by molar-refractivity contribution is -0.138. The monoisotopic (exact) mass is 388 g/mol. The number of amides is 1. The van der Waals surface area contributed by atoms with Crippen LogP contribution in [0.1, 0.15) is 36.1 Å². The lowest BCUT2D eigenvalue weighted by Gasteiger charge is -2.36. The average molecular weight is 388 g/mol. The van der Waals surface area contributed by atoms with E-state index in [0.29, 0.717) is 25.9 Å². The first-order valence-corrected chi connectivity index (χ1v) is 11.2. The summed E-state index contributed by atoms with van der Waals surface area (Å²) in [6.07, 6.45) is 1.65. The normalized spacial score (nSPS) is 22.4. The lowest BCUT2D eigenvalue weighted by Crippen LogP contribution is -2.46. The molecule has 0 radical (unpaired) electrons. The Morgan fingerprint density at radius 3 is 2.56 bits per heavy atom. The topological polar surface area (TPSA) is 85.2 Å². The molecule has 3 heterocycles. The van der Waals surface area contributed by atoms with Gasteiger partial charge >= 0.3 is 0 Å². The number of aryl methyl sites for hydroxylation is 1. The van der Waals surface area contributed by atoms with E-state index >= 15 is 0 Å². The van der Waals surface area contributed by atoms with E-state index in [0.717, 1.165) is 18.1 Å². The second-order valence-corrected chi connectivity index (χ2v) is 9.83. The van der Waals surface area contributed by atoms with E-state index < -0.39 is 9.84 Å². The molecule has 7 nitrogen and oxygen atoms in total. The Bertz CT molecular complexity index is 925. The average Bonchev–Trinajstić information content (AvgIpc) is 3.03. The molecule has 144 valence electrons. The number of aromatic nitrogens is 3. The van der Waals surface area contributed by atoms with Crippen LogP contribution in [0.25, 0.3) is 0 Å². The minimum Gasteiger partial charge on any atom is -0.333 e. The molecular weight excluding hydrogens is 364 g/mol. The Hall–Kier alpha value is -2.22. The first-order valence-electron chi connectivity index (χ1n) is 9.36. The molecule has 1 atom stereocenters. The first-order chi connectivity index (χ1) is 12.9. The Kier molecular flexibility index (Phi) is 4.75. The van der Waals surface area contributed by atoms with E-state index in [-0.39, 0.29) is 29.4 Å². The molecule has 2 aromatic rings. The summed E-state index contributed by atoms with van der Waals surface area (Å²) < 4.78 is 25.5. The van der Waals surface area contributed by atoms with Crippen molar-refractivity contribution in [3.05, 3.63) is 47.5 Å². The highest BCUT2D eigenvalue weighted by Gasteiger charge is 2.36. The summed E-state index contributed by atoms with van der Waals surface area (Å²) in [4.78, 5) is 14.9. The zero-order valence-electron chi connectivity index (χ0n) is 15.4. The molecule has 1 fully saturated rings. The van der Waals surface area contributed by atoms with Crippen molar-refractivity contribution >= 4 is 15.7 Å². The van der Waals surface area contributed by atoms with E-state index in [4.69, 9.17) is 0 Å². The molecule has 0 unspecified atom stereocenters. The van der Waals surface area contributed by atoms with Gasteiger partial charge in [-0.2, -0.15) is 0 Å². The van der Waals surface area contributed by atoms with Gasteiger partial charge < -0.3 is 9.47 Å². The first kappa shape index (κ1) is 18.2. The number of carbonyl (C=O) groups is 1. The van der Waals surface area contributed by atoms with Gasteiger partial charge in [0.1, 0.15) is 15.7 Å². The summed E-state index contributed by atoms with van der Waals surface area (Å²) in [5.41, 5.74) is 1.21. The number of nitrogens with zero attached hydrogens (tertiary/aromatic N) is 4. The molecule has 2 aliphatic rings.